The van der Waals surface area contributed by atoms with Gasteiger partial charge in [0.2, 0.25) is 0 Å². The molecule has 1 aliphatic rings. The fraction of sp³-hybridized carbons (Fsp3) is 0.351. The van der Waals surface area contributed by atoms with E-state index in [1.807, 2.05) is 0 Å². The third-order valence-electron chi connectivity index (χ3n) is 9.12. The maximum absolute atomic E-state index is 10.5. The number of rotatable bonds is 11. The van der Waals surface area contributed by atoms with Crippen LogP contribution in [0.2, 0.25) is 0 Å². The maximum Gasteiger partial charge on any atom is 0.0528 e. The predicted molar refractivity (Wildman–Crippen MR) is 171 cm³/mol. The Labute approximate surface area is 247 Å². The first-order valence-corrected chi connectivity index (χ1v) is 14.8. The van der Waals surface area contributed by atoms with Gasteiger partial charge in [-0.3, -0.25) is 0 Å². The summed E-state index contributed by atoms with van der Waals surface area (Å²) in [5.74, 6) is 0. The van der Waals surface area contributed by atoms with Gasteiger partial charge < -0.3 is 10.0 Å². The molecule has 40 heavy (non-hydrogen) atoms. The van der Waals surface area contributed by atoms with Crippen molar-refractivity contribution in [1.82, 2.24) is 4.90 Å². The van der Waals surface area contributed by atoms with Crippen molar-refractivity contribution < 1.29 is 5.11 Å². The van der Waals surface area contributed by atoms with E-state index < -0.39 is 0 Å². The minimum atomic E-state index is -0.224. The van der Waals surface area contributed by atoms with Gasteiger partial charge in [0.05, 0.1) is 6.61 Å². The number of halogens is 1. The molecule has 4 aromatic carbocycles. The molecule has 1 heterocycles. The molecule has 0 atom stereocenters. The van der Waals surface area contributed by atoms with E-state index in [0.717, 1.165) is 45.3 Å². The van der Waals surface area contributed by atoms with Crippen LogP contribution < -0.4 is 0 Å². The fourth-order valence-electron chi connectivity index (χ4n) is 6.73. The first kappa shape index (κ1) is 30.1. The maximum atomic E-state index is 10.5. The molecular weight excluding hydrogens is 510 g/mol. The zero-order valence-electron chi connectivity index (χ0n) is 23.8. The van der Waals surface area contributed by atoms with Crippen LogP contribution in [0, 0.1) is 0 Å². The molecule has 2 nitrogen and oxygen atoms in total. The van der Waals surface area contributed by atoms with Gasteiger partial charge in [0.15, 0.2) is 0 Å². The number of nitrogens with zero attached hydrogens (tertiary/aromatic N) is 1. The summed E-state index contributed by atoms with van der Waals surface area (Å²) in [6, 6.07) is 42.1. The predicted octanol–water partition coefficient (Wildman–Crippen LogP) is 8.20. The van der Waals surface area contributed by atoms with E-state index in [0.29, 0.717) is 0 Å². The van der Waals surface area contributed by atoms with Gasteiger partial charge in [0.25, 0.3) is 0 Å². The number of unbranched alkanes of at least 4 members (excludes halogenated alkanes) is 1. The molecule has 1 saturated heterocycles. The second-order valence-corrected chi connectivity index (χ2v) is 11.3. The van der Waals surface area contributed by atoms with Crippen molar-refractivity contribution in [2.45, 2.75) is 56.3 Å². The Morgan fingerprint density at radius 3 is 1.80 bits per heavy atom. The van der Waals surface area contributed by atoms with Crippen LogP contribution in [0.25, 0.3) is 0 Å². The molecule has 1 fully saturated rings. The Bertz CT molecular complexity index is 1240. The highest BCUT2D eigenvalue weighted by atomic mass is 35.5. The summed E-state index contributed by atoms with van der Waals surface area (Å²) in [6.07, 6.45) is 6.50. The van der Waals surface area contributed by atoms with E-state index >= 15 is 0 Å². The number of aliphatic hydroxyl groups is 1. The summed E-state index contributed by atoms with van der Waals surface area (Å²) in [5.41, 5.74) is 6.58. The highest BCUT2D eigenvalue weighted by Crippen LogP contribution is 2.45. The summed E-state index contributed by atoms with van der Waals surface area (Å²) < 4.78 is 0. The van der Waals surface area contributed by atoms with Gasteiger partial charge in [-0.2, -0.15) is 0 Å². The standard InChI is InChI=1S/C37H43NO.ClH/c1-2-3-15-31-16-13-14-23-35(31)37(33-19-9-5-10-20-33,34-21-11-6-12-22-34)26-29-38-27-24-36(30-39,25-28-38)32-17-7-4-8-18-32;/h4-14,16-23,39H,2-3,15,24-30H2,1H3;1H. The van der Waals surface area contributed by atoms with Crippen molar-refractivity contribution >= 4 is 12.4 Å². The van der Waals surface area contributed by atoms with Gasteiger partial charge in [0, 0.05) is 10.8 Å². The van der Waals surface area contributed by atoms with Crippen LogP contribution in [0.5, 0.6) is 0 Å². The molecular formula is C37H44ClNO. The van der Waals surface area contributed by atoms with Crippen molar-refractivity contribution in [2.75, 3.05) is 26.2 Å². The molecule has 0 radical (unpaired) electrons. The molecule has 0 amide bonds. The molecule has 0 aromatic heterocycles. The van der Waals surface area contributed by atoms with E-state index in [2.05, 4.69) is 127 Å². The van der Waals surface area contributed by atoms with Crippen LogP contribution in [-0.4, -0.2) is 36.2 Å². The number of aryl methyl sites for hydroxylation is 1. The third-order valence-corrected chi connectivity index (χ3v) is 9.12. The number of likely N-dealkylation sites (tertiary alicyclic amines) is 1. The quantitative estimate of drug-likeness (QED) is 0.189. The number of benzene rings is 4. The van der Waals surface area contributed by atoms with Gasteiger partial charge in [-0.25, -0.2) is 0 Å². The normalized spacial score (nSPS) is 15.3. The van der Waals surface area contributed by atoms with Crippen molar-refractivity contribution in [3.63, 3.8) is 0 Å². The summed E-state index contributed by atoms with van der Waals surface area (Å²) in [6.45, 7) is 5.53. The minimum absolute atomic E-state index is 0. The summed E-state index contributed by atoms with van der Waals surface area (Å²) in [7, 11) is 0. The highest BCUT2D eigenvalue weighted by Gasteiger charge is 2.40. The Kier molecular flexibility index (Phi) is 10.6. The van der Waals surface area contributed by atoms with Gasteiger partial charge in [-0.15, -0.1) is 12.4 Å². The topological polar surface area (TPSA) is 23.5 Å². The molecule has 1 N–H and O–H groups in total. The Balaban J connectivity index is 0.00000370. The number of hydrogen-bond donors (Lipinski definition) is 1. The Morgan fingerprint density at radius 1 is 0.725 bits per heavy atom. The molecule has 0 unspecified atom stereocenters. The first-order valence-electron chi connectivity index (χ1n) is 14.8. The van der Waals surface area contributed by atoms with Gasteiger partial charge >= 0.3 is 0 Å². The summed E-state index contributed by atoms with van der Waals surface area (Å²) in [4.78, 5) is 2.63. The van der Waals surface area contributed by atoms with Crippen LogP contribution in [0.4, 0.5) is 0 Å². The summed E-state index contributed by atoms with van der Waals surface area (Å²) >= 11 is 0. The Morgan fingerprint density at radius 2 is 1.25 bits per heavy atom. The van der Waals surface area contributed by atoms with E-state index in [-0.39, 0.29) is 29.8 Å². The molecule has 0 aliphatic carbocycles. The zero-order valence-corrected chi connectivity index (χ0v) is 24.7. The number of aliphatic hydroxyl groups excluding tert-OH is 1. The Hall–Kier alpha value is -2.91. The molecule has 0 saturated carbocycles. The van der Waals surface area contributed by atoms with Crippen LogP contribution in [0.15, 0.2) is 115 Å². The number of piperidine rings is 1. The molecule has 0 spiro atoms. The molecule has 4 aromatic rings. The van der Waals surface area contributed by atoms with Crippen molar-refractivity contribution in [3.05, 3.63) is 143 Å². The van der Waals surface area contributed by atoms with Crippen molar-refractivity contribution in [1.29, 1.82) is 0 Å². The lowest BCUT2D eigenvalue weighted by molar-refractivity contribution is 0.0983. The second kappa shape index (κ2) is 14.1. The third kappa shape index (κ3) is 6.20. The molecule has 210 valence electrons. The van der Waals surface area contributed by atoms with Gasteiger partial charge in [0.1, 0.15) is 0 Å². The van der Waals surface area contributed by atoms with Crippen LogP contribution >= 0.6 is 12.4 Å². The average molecular weight is 554 g/mol. The van der Waals surface area contributed by atoms with Crippen molar-refractivity contribution in [3.8, 4) is 0 Å². The fourth-order valence-corrected chi connectivity index (χ4v) is 6.73. The lowest BCUT2D eigenvalue weighted by Crippen LogP contribution is -2.46. The average Bonchev–Trinajstić information content (AvgIpc) is 3.02. The van der Waals surface area contributed by atoms with Crippen LogP contribution in [0.1, 0.15) is 66.8 Å². The van der Waals surface area contributed by atoms with E-state index in [1.165, 1.54) is 40.7 Å². The minimum Gasteiger partial charge on any atom is -0.395 e. The van der Waals surface area contributed by atoms with Crippen LogP contribution in [-0.2, 0) is 17.3 Å². The van der Waals surface area contributed by atoms with E-state index in [4.69, 9.17) is 0 Å². The summed E-state index contributed by atoms with van der Waals surface area (Å²) in [5, 5.41) is 10.5. The van der Waals surface area contributed by atoms with Gasteiger partial charge in [-0.1, -0.05) is 129 Å². The number of hydrogen-bond acceptors (Lipinski definition) is 2. The highest BCUT2D eigenvalue weighted by molar-refractivity contribution is 5.85. The smallest absolute Gasteiger partial charge is 0.0528 e. The zero-order chi connectivity index (χ0) is 27.0. The van der Waals surface area contributed by atoms with E-state index in [1.54, 1.807) is 0 Å². The SMILES string of the molecule is CCCCc1ccccc1C(CCN1CCC(CO)(c2ccccc2)CC1)(c1ccccc1)c1ccccc1.Cl. The molecule has 1 aliphatic heterocycles. The second-order valence-electron chi connectivity index (χ2n) is 11.3. The first-order chi connectivity index (χ1) is 19.2. The largest absolute Gasteiger partial charge is 0.395 e. The lowest BCUT2D eigenvalue weighted by atomic mass is 9.65. The van der Waals surface area contributed by atoms with E-state index in [9.17, 15) is 5.11 Å². The van der Waals surface area contributed by atoms with Crippen LogP contribution in [0.3, 0.4) is 0 Å². The van der Waals surface area contributed by atoms with Crippen molar-refractivity contribution in [2.24, 2.45) is 0 Å². The van der Waals surface area contributed by atoms with Gasteiger partial charge in [-0.05, 0) is 79.6 Å². The monoisotopic (exact) mass is 553 g/mol. The lowest BCUT2D eigenvalue weighted by Gasteiger charge is -2.43. The molecule has 3 heteroatoms. The molecule has 0 bridgehead atoms. The molecule has 5 rings (SSSR count).